The third-order valence-corrected chi connectivity index (χ3v) is 18.6. The Balaban J connectivity index is 2.01. The number of amides is 13. The number of carbonyl (C=O) groups excluding carboxylic acids is 14. The van der Waals surface area contributed by atoms with E-state index in [-0.39, 0.29) is 70.3 Å². The van der Waals surface area contributed by atoms with Crippen molar-refractivity contribution in [3.05, 3.63) is 47.7 Å². The number of benzene rings is 1. The number of aliphatic hydroxyl groups excluding tert-OH is 2. The molecular formula is C72H118N14O17. The molecule has 13 amide bonds. The van der Waals surface area contributed by atoms with Crippen molar-refractivity contribution in [1.29, 1.82) is 0 Å². The van der Waals surface area contributed by atoms with Crippen LogP contribution in [0.4, 0.5) is 0 Å². The second-order valence-corrected chi connectivity index (χ2v) is 28.7. The quantitative estimate of drug-likeness (QED) is 0.0328. The average Bonchev–Trinajstić information content (AvgIpc) is 1.81. The van der Waals surface area contributed by atoms with Crippen LogP contribution in [0.1, 0.15) is 175 Å². The third kappa shape index (κ3) is 26.6. The van der Waals surface area contributed by atoms with Gasteiger partial charge in [0.2, 0.25) is 70.9 Å². The number of ether oxygens (including phenoxy) is 1. The summed E-state index contributed by atoms with van der Waals surface area (Å²) in [7, 11) is 0. The molecule has 31 nitrogen and oxygen atoms in total. The standard InChI is InChI=1S/C72H118N14O17/c1-18-41(14)56(68(98)85-59-44(17)103-72(102)55(40(12)13)81-60(90)46(20-3)74-62(92)48(35-45-27-22-21-23-28-45)76-64(94)52(37(6)7)78-67(97)57(42(15)19-2)83-70(59)100)82-61(91)47(29-24-32-73)75-63(93)49-30-25-33-86(49)71(101)54(39(10)11)80-66(96)53(38(8)9)79-69(99)58(43(16)88)84-65(95)51(36(4)5)77-50(89)31-26-34-87/h20-23,27-28,36-44,47-49,51-59,87-88H,18-19,24-26,29-35,73H2,1-17H3,(H,74,92)(H,75,93)(H,76,94)(H,77,89)(H,78,97)(H,79,99)(H,80,96)(H,81,90)(H,82,91)(H,83,100)(H,84,95)(H,85,98)/b46-20-/t41-,42-,43+,44+,47-,48-,49+,51+,52+,53-,54+,55-,56+,57+,58-,59+/m0/s1. The molecule has 31 heteroatoms. The van der Waals surface area contributed by atoms with E-state index in [0.717, 1.165) is 0 Å². The summed E-state index contributed by atoms with van der Waals surface area (Å²) in [5.74, 6) is -15.9. The van der Waals surface area contributed by atoms with Crippen molar-refractivity contribution in [2.75, 3.05) is 19.7 Å². The van der Waals surface area contributed by atoms with Gasteiger partial charge in [0.1, 0.15) is 84.3 Å². The number of cyclic esters (lactones) is 1. The van der Waals surface area contributed by atoms with E-state index >= 15 is 9.59 Å². The van der Waals surface area contributed by atoms with Gasteiger partial charge in [-0.05, 0) is 106 Å². The molecule has 103 heavy (non-hydrogen) atoms. The van der Waals surface area contributed by atoms with E-state index in [4.69, 9.17) is 10.5 Å². The number of allylic oxidation sites excluding steroid dienone is 1. The van der Waals surface area contributed by atoms with Crippen molar-refractivity contribution in [2.45, 2.75) is 260 Å². The molecule has 578 valence electrons. The fourth-order valence-corrected chi connectivity index (χ4v) is 11.7. The summed E-state index contributed by atoms with van der Waals surface area (Å²) in [5, 5.41) is 51.9. The molecule has 0 radical (unpaired) electrons. The predicted octanol–water partition coefficient (Wildman–Crippen LogP) is -0.217. The molecule has 3 rings (SSSR count). The molecule has 16 atom stereocenters. The fraction of sp³-hybridized carbons (Fsp3) is 0.694. The Morgan fingerprint density at radius 3 is 1.71 bits per heavy atom. The first-order valence-corrected chi connectivity index (χ1v) is 36.2. The van der Waals surface area contributed by atoms with E-state index in [9.17, 15) is 67.7 Å². The number of likely N-dealkylation sites (tertiary alicyclic amines) is 1. The number of carbonyl (C=O) groups is 14. The van der Waals surface area contributed by atoms with Gasteiger partial charge in [-0.15, -0.1) is 0 Å². The van der Waals surface area contributed by atoms with E-state index in [1.807, 2.05) is 0 Å². The lowest BCUT2D eigenvalue weighted by atomic mass is 9.95. The van der Waals surface area contributed by atoms with E-state index < -0.39 is 209 Å². The average molecular weight is 1450 g/mol. The van der Waals surface area contributed by atoms with E-state index in [2.05, 4.69) is 63.8 Å². The predicted molar refractivity (Wildman–Crippen MR) is 383 cm³/mol. The number of hydrogen-bond donors (Lipinski definition) is 15. The van der Waals surface area contributed by atoms with Crippen molar-refractivity contribution in [1.82, 2.24) is 68.7 Å². The van der Waals surface area contributed by atoms with Gasteiger partial charge in [-0.3, -0.25) is 62.3 Å². The minimum absolute atomic E-state index is 0.0380. The van der Waals surface area contributed by atoms with Crippen LogP contribution in [0.25, 0.3) is 0 Å². The zero-order valence-electron chi connectivity index (χ0n) is 63.1. The number of nitrogens with one attached hydrogen (secondary N) is 12. The monoisotopic (exact) mass is 1450 g/mol. The molecule has 2 aliphatic rings. The van der Waals surface area contributed by atoms with Crippen molar-refractivity contribution < 1.29 is 82.1 Å². The van der Waals surface area contributed by atoms with Crippen LogP contribution in [-0.2, 0) is 78.3 Å². The first-order chi connectivity index (χ1) is 48.4. The minimum atomic E-state index is -1.83. The third-order valence-electron chi connectivity index (χ3n) is 18.6. The van der Waals surface area contributed by atoms with Crippen LogP contribution in [-0.4, -0.2) is 202 Å². The number of esters is 1. The molecule has 0 spiro atoms. The van der Waals surface area contributed by atoms with Crippen LogP contribution in [0.2, 0.25) is 0 Å². The molecule has 0 aromatic heterocycles. The lowest BCUT2D eigenvalue weighted by Gasteiger charge is -2.33. The van der Waals surface area contributed by atoms with Gasteiger partial charge in [0.25, 0.3) is 5.91 Å². The molecule has 0 bridgehead atoms. The maximum Gasteiger partial charge on any atom is 0.329 e. The van der Waals surface area contributed by atoms with Gasteiger partial charge in [0, 0.05) is 26.0 Å². The zero-order valence-corrected chi connectivity index (χ0v) is 63.1. The summed E-state index contributed by atoms with van der Waals surface area (Å²) in [6.07, 6.45) is -0.574. The highest BCUT2D eigenvalue weighted by atomic mass is 16.5. The molecule has 0 unspecified atom stereocenters. The summed E-state index contributed by atoms with van der Waals surface area (Å²) < 4.78 is 5.95. The van der Waals surface area contributed by atoms with Crippen molar-refractivity contribution in [2.24, 2.45) is 47.2 Å². The van der Waals surface area contributed by atoms with Gasteiger partial charge in [0.15, 0.2) is 0 Å². The molecule has 2 fully saturated rings. The first kappa shape index (κ1) is 88.6. The van der Waals surface area contributed by atoms with Crippen LogP contribution in [0.15, 0.2) is 42.1 Å². The summed E-state index contributed by atoms with van der Waals surface area (Å²) in [4.78, 5) is 201. The molecule has 0 aliphatic carbocycles. The highest BCUT2D eigenvalue weighted by Gasteiger charge is 2.44. The van der Waals surface area contributed by atoms with E-state index in [1.165, 1.54) is 31.7 Å². The summed E-state index contributed by atoms with van der Waals surface area (Å²) in [6, 6.07) is -7.87. The summed E-state index contributed by atoms with van der Waals surface area (Å²) in [5.41, 5.74) is 6.32. The minimum Gasteiger partial charge on any atom is -0.458 e. The Kier molecular flexibility index (Phi) is 36.9. The largest absolute Gasteiger partial charge is 0.458 e. The maximum atomic E-state index is 15.0. The number of hydrogen-bond acceptors (Lipinski definition) is 18. The van der Waals surface area contributed by atoms with Gasteiger partial charge in [0.05, 0.1) is 6.10 Å². The van der Waals surface area contributed by atoms with Gasteiger partial charge in [-0.1, -0.05) is 146 Å². The van der Waals surface area contributed by atoms with Gasteiger partial charge in [-0.25, -0.2) is 4.79 Å². The Morgan fingerprint density at radius 1 is 0.631 bits per heavy atom. The molecule has 1 aromatic rings. The van der Waals surface area contributed by atoms with Crippen LogP contribution >= 0.6 is 0 Å². The summed E-state index contributed by atoms with van der Waals surface area (Å²) in [6.45, 7) is 27.2. The normalized spacial score (nSPS) is 22.7. The molecule has 2 aliphatic heterocycles. The van der Waals surface area contributed by atoms with Crippen LogP contribution in [0, 0.1) is 41.4 Å². The van der Waals surface area contributed by atoms with Crippen LogP contribution in [0.5, 0.6) is 0 Å². The van der Waals surface area contributed by atoms with Gasteiger partial charge < -0.3 is 89.4 Å². The lowest BCUT2D eigenvalue weighted by molar-refractivity contribution is -0.157. The molecule has 1 aromatic carbocycles. The molecule has 0 saturated carbocycles. The second-order valence-electron chi connectivity index (χ2n) is 28.7. The molecule has 16 N–H and O–H groups in total. The Bertz CT molecular complexity index is 3110. The number of rotatable bonds is 32. The topological polar surface area (TPSA) is 462 Å². The summed E-state index contributed by atoms with van der Waals surface area (Å²) >= 11 is 0. The van der Waals surface area contributed by atoms with E-state index in [0.29, 0.717) is 18.4 Å². The van der Waals surface area contributed by atoms with Crippen LogP contribution < -0.4 is 69.5 Å². The Labute approximate surface area is 605 Å². The number of nitrogens with two attached hydrogens (primary N) is 1. The second kappa shape index (κ2) is 42.9. The highest BCUT2D eigenvalue weighted by molar-refractivity contribution is 6.03. The molecule has 2 heterocycles. The Hall–Kier alpha value is -8.58. The van der Waals surface area contributed by atoms with Crippen molar-refractivity contribution >= 4 is 82.8 Å². The fourth-order valence-electron chi connectivity index (χ4n) is 11.7. The maximum absolute atomic E-state index is 15.0. The van der Waals surface area contributed by atoms with Gasteiger partial charge in [-0.2, -0.15) is 0 Å². The van der Waals surface area contributed by atoms with Crippen molar-refractivity contribution in [3.8, 4) is 0 Å². The highest BCUT2D eigenvalue weighted by Crippen LogP contribution is 2.23. The number of aliphatic hydroxyl groups is 2. The SMILES string of the molecule is C/C=C1\NC(=O)[C@H](Cc2ccccc2)NC(=O)[C@@H](C(C)C)NC(=O)[C@@H]([C@@H](C)CC)NC(=O)[C@H](NC(=O)[C@H](NC(=O)[C@H](CCCN)NC(=O)[C@H]2CCCN2C(=O)[C@H](NC(=O)[C@@H](NC(=O)[C@@H](NC(=O)[C@H](NC(=O)CCCO)C(C)C)[C@@H](C)O)C(C)C)C(C)C)[C@@H](C)CC)[C@@H](C)OC(=O)[C@H](C(C)C)NC1=O. The Morgan fingerprint density at radius 2 is 1.17 bits per heavy atom. The first-order valence-electron chi connectivity index (χ1n) is 36.2. The van der Waals surface area contributed by atoms with Crippen LogP contribution in [0.3, 0.4) is 0 Å². The van der Waals surface area contributed by atoms with Gasteiger partial charge >= 0.3 is 5.97 Å². The smallest absolute Gasteiger partial charge is 0.329 e. The van der Waals surface area contributed by atoms with Crippen molar-refractivity contribution in [3.63, 3.8) is 0 Å². The lowest BCUT2D eigenvalue weighted by Crippen LogP contribution is -2.64. The zero-order chi connectivity index (χ0) is 77.9. The molecule has 2 saturated heterocycles. The van der Waals surface area contributed by atoms with E-state index in [1.54, 1.807) is 127 Å². The molecular weight excluding hydrogens is 1330 g/mol. The number of nitrogens with zero attached hydrogens (tertiary/aromatic N) is 1.